The van der Waals surface area contributed by atoms with Crippen molar-refractivity contribution in [3.8, 4) is 0 Å². The molecule has 1 aromatic carbocycles. The maximum absolute atomic E-state index is 3.92. The molecule has 0 aliphatic heterocycles. The van der Waals surface area contributed by atoms with Crippen molar-refractivity contribution in [3.05, 3.63) is 34.7 Å². The smallest absolute Gasteiger partial charge is 0.0381 e. The van der Waals surface area contributed by atoms with Crippen molar-refractivity contribution < 1.29 is 0 Å². The lowest BCUT2D eigenvalue weighted by Crippen LogP contribution is -1.90. The molecule has 0 atom stereocenters. The zero-order valence-corrected chi connectivity index (χ0v) is 10.9. The van der Waals surface area contributed by atoms with E-state index in [0.29, 0.717) is 0 Å². The van der Waals surface area contributed by atoms with Crippen molar-refractivity contribution in [3.63, 3.8) is 0 Å². The maximum Gasteiger partial charge on any atom is 0.0381 e. The van der Waals surface area contributed by atoms with Crippen molar-refractivity contribution >= 4 is 39.3 Å². The van der Waals surface area contributed by atoms with Gasteiger partial charge in [0.1, 0.15) is 0 Å². The first-order valence-corrected chi connectivity index (χ1v) is 6.98. The molecule has 1 heterocycles. The summed E-state index contributed by atoms with van der Waals surface area (Å²) in [5.41, 5.74) is 4.05. The van der Waals surface area contributed by atoms with Crippen LogP contribution in [0.3, 0.4) is 0 Å². The van der Waals surface area contributed by atoms with E-state index in [0.717, 1.165) is 0 Å². The molecule has 2 aromatic rings. The standard InChI is InChI=1S/C13H14S2/c1-5-10-8(2)13-11(6-7-15-13)9(3)12(10)14-4/h5-7H,1H2,2-4H3. The monoisotopic (exact) mass is 234 g/mol. The van der Waals surface area contributed by atoms with Gasteiger partial charge in [-0.2, -0.15) is 0 Å². The zero-order chi connectivity index (χ0) is 11.0. The van der Waals surface area contributed by atoms with Gasteiger partial charge in [-0.3, -0.25) is 0 Å². The van der Waals surface area contributed by atoms with Crippen molar-refractivity contribution in [1.29, 1.82) is 0 Å². The molecule has 0 aliphatic rings. The molecule has 2 heteroatoms. The molecule has 0 nitrogen and oxygen atoms in total. The highest BCUT2D eigenvalue weighted by molar-refractivity contribution is 7.98. The van der Waals surface area contributed by atoms with E-state index in [4.69, 9.17) is 0 Å². The SMILES string of the molecule is C=Cc1c(SC)c(C)c2ccsc2c1C. The second kappa shape index (κ2) is 4.03. The van der Waals surface area contributed by atoms with Gasteiger partial charge >= 0.3 is 0 Å². The fraction of sp³-hybridized carbons (Fsp3) is 0.231. The summed E-state index contributed by atoms with van der Waals surface area (Å²) in [7, 11) is 0. The lowest BCUT2D eigenvalue weighted by Gasteiger charge is -2.12. The van der Waals surface area contributed by atoms with Gasteiger partial charge in [-0.05, 0) is 53.6 Å². The van der Waals surface area contributed by atoms with Crippen LogP contribution in [-0.4, -0.2) is 6.26 Å². The molecule has 0 spiro atoms. The molecule has 0 fully saturated rings. The van der Waals surface area contributed by atoms with E-state index in [2.05, 4.69) is 38.1 Å². The average molecular weight is 234 g/mol. The summed E-state index contributed by atoms with van der Waals surface area (Å²) in [6, 6.07) is 2.22. The molecule has 0 N–H and O–H groups in total. The molecule has 2 rings (SSSR count). The maximum atomic E-state index is 3.92. The Hall–Kier alpha value is -0.730. The largest absolute Gasteiger partial charge is 0.144 e. The number of hydrogen-bond acceptors (Lipinski definition) is 2. The van der Waals surface area contributed by atoms with Crippen molar-refractivity contribution in [2.24, 2.45) is 0 Å². The summed E-state index contributed by atoms with van der Waals surface area (Å²) < 4.78 is 1.40. The molecule has 0 saturated heterocycles. The molecule has 0 bridgehead atoms. The molecule has 0 saturated carbocycles. The van der Waals surface area contributed by atoms with Crippen LogP contribution in [0.25, 0.3) is 16.2 Å². The Kier molecular flexibility index (Phi) is 2.89. The highest BCUT2D eigenvalue weighted by Gasteiger charge is 2.12. The van der Waals surface area contributed by atoms with Gasteiger partial charge in [-0.25, -0.2) is 0 Å². The number of hydrogen-bond donors (Lipinski definition) is 0. The fourth-order valence-corrected chi connectivity index (χ4v) is 3.87. The van der Waals surface area contributed by atoms with Gasteiger partial charge in [0.05, 0.1) is 0 Å². The average Bonchev–Trinajstić information content (AvgIpc) is 2.72. The van der Waals surface area contributed by atoms with E-state index in [1.54, 1.807) is 0 Å². The van der Waals surface area contributed by atoms with Crippen LogP contribution in [0, 0.1) is 13.8 Å². The van der Waals surface area contributed by atoms with Gasteiger partial charge in [0.15, 0.2) is 0 Å². The first kappa shape index (κ1) is 10.8. The minimum Gasteiger partial charge on any atom is -0.144 e. The predicted octanol–water partition coefficient (Wildman–Crippen LogP) is 4.88. The van der Waals surface area contributed by atoms with E-state index in [1.165, 1.54) is 31.7 Å². The van der Waals surface area contributed by atoms with Crippen LogP contribution in [0.2, 0.25) is 0 Å². The number of thiophene rings is 1. The second-order valence-corrected chi connectivity index (χ2v) is 5.30. The van der Waals surface area contributed by atoms with Crippen LogP contribution in [0.5, 0.6) is 0 Å². The lowest BCUT2D eigenvalue weighted by atomic mass is 10.0. The number of rotatable bonds is 2. The van der Waals surface area contributed by atoms with Crippen molar-refractivity contribution in [2.45, 2.75) is 18.7 Å². The van der Waals surface area contributed by atoms with Crippen molar-refractivity contribution in [2.75, 3.05) is 6.26 Å². The molecular formula is C13H14S2. The number of fused-ring (bicyclic) bond motifs is 1. The van der Waals surface area contributed by atoms with Crippen LogP contribution >= 0.6 is 23.1 Å². The summed E-state index contributed by atoms with van der Waals surface area (Å²) in [5.74, 6) is 0. The molecule has 0 amide bonds. The topological polar surface area (TPSA) is 0 Å². The fourth-order valence-electron chi connectivity index (χ4n) is 2.02. The van der Waals surface area contributed by atoms with E-state index in [1.807, 2.05) is 29.2 Å². The Morgan fingerprint density at radius 3 is 2.67 bits per heavy atom. The van der Waals surface area contributed by atoms with Crippen LogP contribution in [0.1, 0.15) is 16.7 Å². The molecule has 0 radical (unpaired) electrons. The van der Waals surface area contributed by atoms with E-state index in [-0.39, 0.29) is 0 Å². The molecule has 0 unspecified atom stereocenters. The number of thioether (sulfide) groups is 1. The first-order valence-electron chi connectivity index (χ1n) is 4.87. The number of benzene rings is 1. The van der Waals surface area contributed by atoms with E-state index in [9.17, 15) is 0 Å². The molecule has 15 heavy (non-hydrogen) atoms. The minimum atomic E-state index is 1.30. The third kappa shape index (κ3) is 1.52. The van der Waals surface area contributed by atoms with Gasteiger partial charge in [-0.15, -0.1) is 23.1 Å². The quantitative estimate of drug-likeness (QED) is 0.667. The first-order chi connectivity index (χ1) is 7.20. The third-order valence-corrected chi connectivity index (χ3v) is 4.78. The molecule has 78 valence electrons. The normalized spacial score (nSPS) is 10.9. The van der Waals surface area contributed by atoms with Gasteiger partial charge < -0.3 is 0 Å². The predicted molar refractivity (Wildman–Crippen MR) is 73.2 cm³/mol. The van der Waals surface area contributed by atoms with Crippen molar-refractivity contribution in [1.82, 2.24) is 0 Å². The van der Waals surface area contributed by atoms with Gasteiger partial charge in [0.25, 0.3) is 0 Å². The zero-order valence-electron chi connectivity index (χ0n) is 9.26. The van der Waals surface area contributed by atoms with Gasteiger partial charge in [0, 0.05) is 9.60 Å². The van der Waals surface area contributed by atoms with Crippen LogP contribution in [0.4, 0.5) is 0 Å². The van der Waals surface area contributed by atoms with E-state index >= 15 is 0 Å². The Morgan fingerprint density at radius 2 is 2.07 bits per heavy atom. The van der Waals surface area contributed by atoms with Gasteiger partial charge in [-0.1, -0.05) is 12.7 Å². The molecule has 1 aromatic heterocycles. The summed E-state index contributed by atoms with van der Waals surface area (Å²) in [6.45, 7) is 8.32. The second-order valence-electron chi connectivity index (χ2n) is 3.56. The summed E-state index contributed by atoms with van der Waals surface area (Å²) in [5, 5.41) is 3.56. The summed E-state index contributed by atoms with van der Waals surface area (Å²) in [4.78, 5) is 1.37. The highest BCUT2D eigenvalue weighted by atomic mass is 32.2. The van der Waals surface area contributed by atoms with Gasteiger partial charge in [0.2, 0.25) is 0 Å². The molecule has 0 aliphatic carbocycles. The Morgan fingerprint density at radius 1 is 1.33 bits per heavy atom. The Balaban J connectivity index is 2.96. The lowest BCUT2D eigenvalue weighted by molar-refractivity contribution is 1.29. The van der Waals surface area contributed by atoms with Crippen LogP contribution in [0.15, 0.2) is 22.9 Å². The number of aryl methyl sites for hydroxylation is 2. The molecular weight excluding hydrogens is 220 g/mol. The third-order valence-electron chi connectivity index (χ3n) is 2.81. The summed E-state index contributed by atoms with van der Waals surface area (Å²) in [6.07, 6.45) is 4.11. The minimum absolute atomic E-state index is 1.30. The Labute approximate surface area is 99.0 Å². The highest BCUT2D eigenvalue weighted by Crippen LogP contribution is 2.37. The summed E-state index contributed by atoms with van der Waals surface area (Å²) >= 11 is 3.63. The van der Waals surface area contributed by atoms with Crippen LogP contribution < -0.4 is 0 Å². The Bertz CT molecular complexity index is 521. The van der Waals surface area contributed by atoms with E-state index < -0.39 is 0 Å². The van der Waals surface area contributed by atoms with Crippen LogP contribution in [-0.2, 0) is 0 Å².